The Morgan fingerprint density at radius 3 is 2.62 bits per heavy atom. The number of hydrogen-bond donors (Lipinski definition) is 0. The Labute approximate surface area is 95.1 Å². The molecule has 1 aromatic carbocycles. The maximum atomic E-state index is 13.0. The molecule has 1 aliphatic rings. The van der Waals surface area contributed by atoms with Crippen molar-refractivity contribution >= 4 is 11.5 Å². The van der Waals surface area contributed by atoms with Gasteiger partial charge in [0, 0.05) is 30.8 Å². The van der Waals surface area contributed by atoms with Crippen molar-refractivity contribution in [2.24, 2.45) is 0 Å². The molecule has 2 nitrogen and oxygen atoms in total. The molecule has 0 bridgehead atoms. The Hall–Kier alpha value is -1.38. The average Bonchev–Trinajstić information content (AvgIpc) is 2.75. The quantitative estimate of drug-likeness (QED) is 0.731. The molecule has 1 fully saturated rings. The molecule has 1 atom stereocenters. The minimum Gasteiger partial charge on any atom is -0.369 e. The van der Waals surface area contributed by atoms with Crippen LogP contribution in [0.1, 0.15) is 30.1 Å². The lowest BCUT2D eigenvalue weighted by atomic mass is 10.1. The number of halogens is 1. The molecule has 1 heterocycles. The van der Waals surface area contributed by atoms with Crippen LogP contribution in [0.4, 0.5) is 10.1 Å². The average molecular weight is 221 g/mol. The number of nitrogens with zero attached hydrogens (tertiary/aromatic N) is 1. The predicted octanol–water partition coefficient (Wildman–Crippen LogP) is 2.83. The fraction of sp³-hybridized carbons (Fsp3) is 0.462. The van der Waals surface area contributed by atoms with E-state index in [1.54, 1.807) is 0 Å². The first-order chi connectivity index (χ1) is 7.70. The molecule has 0 aromatic heterocycles. The van der Waals surface area contributed by atoms with E-state index in [0.717, 1.165) is 17.8 Å². The number of carbonyl (C=O) groups excluding carboxylic acids is 1. The fourth-order valence-corrected chi connectivity index (χ4v) is 2.01. The van der Waals surface area contributed by atoms with Gasteiger partial charge in [0.15, 0.2) is 5.78 Å². The zero-order valence-corrected chi connectivity index (χ0v) is 9.45. The highest BCUT2D eigenvalue weighted by molar-refractivity contribution is 5.96. The molecular formula is C13H16FNO. The van der Waals surface area contributed by atoms with Gasteiger partial charge in [-0.2, -0.15) is 0 Å². The van der Waals surface area contributed by atoms with Crippen LogP contribution in [-0.2, 0) is 0 Å². The highest BCUT2D eigenvalue weighted by Crippen LogP contribution is 2.22. The summed E-state index contributed by atoms with van der Waals surface area (Å²) in [6, 6.07) is 7.46. The molecule has 16 heavy (non-hydrogen) atoms. The van der Waals surface area contributed by atoms with Gasteiger partial charge in [-0.15, -0.1) is 0 Å². The SMILES string of the molecule is CCC(=O)c1ccc(N2CCC(F)C2)cc1. The van der Waals surface area contributed by atoms with Crippen molar-refractivity contribution in [1.29, 1.82) is 0 Å². The molecule has 2 rings (SSSR count). The van der Waals surface area contributed by atoms with Crippen LogP contribution >= 0.6 is 0 Å². The van der Waals surface area contributed by atoms with Gasteiger partial charge in [0.05, 0.1) is 0 Å². The molecule has 3 heteroatoms. The third kappa shape index (κ3) is 2.23. The van der Waals surface area contributed by atoms with Crippen molar-refractivity contribution in [2.45, 2.75) is 25.9 Å². The number of ketones is 1. The molecule has 0 N–H and O–H groups in total. The van der Waals surface area contributed by atoms with Crippen LogP contribution in [0, 0.1) is 0 Å². The number of benzene rings is 1. The summed E-state index contributed by atoms with van der Waals surface area (Å²) in [5.74, 6) is 0.149. The van der Waals surface area contributed by atoms with Crippen molar-refractivity contribution in [3.8, 4) is 0 Å². The van der Waals surface area contributed by atoms with E-state index in [2.05, 4.69) is 0 Å². The predicted molar refractivity (Wildman–Crippen MR) is 62.8 cm³/mol. The van der Waals surface area contributed by atoms with E-state index in [0.29, 0.717) is 19.4 Å². The monoisotopic (exact) mass is 221 g/mol. The summed E-state index contributed by atoms with van der Waals surface area (Å²) < 4.78 is 13.0. The first kappa shape index (κ1) is 11.1. The maximum Gasteiger partial charge on any atom is 0.162 e. The number of anilines is 1. The molecule has 0 radical (unpaired) electrons. The van der Waals surface area contributed by atoms with E-state index in [1.165, 1.54) is 0 Å². The van der Waals surface area contributed by atoms with E-state index in [9.17, 15) is 9.18 Å². The molecule has 1 aromatic rings. The zero-order chi connectivity index (χ0) is 11.5. The molecule has 0 spiro atoms. The summed E-state index contributed by atoms with van der Waals surface area (Å²) in [4.78, 5) is 13.4. The van der Waals surface area contributed by atoms with Crippen molar-refractivity contribution < 1.29 is 9.18 Å². The standard InChI is InChI=1S/C13H16FNO/c1-2-13(16)10-3-5-12(6-4-10)15-8-7-11(14)9-15/h3-6,11H,2,7-9H2,1H3. The van der Waals surface area contributed by atoms with Gasteiger partial charge in [0.1, 0.15) is 6.17 Å². The molecule has 1 unspecified atom stereocenters. The molecule has 0 aliphatic carbocycles. The Morgan fingerprint density at radius 2 is 2.12 bits per heavy atom. The summed E-state index contributed by atoms with van der Waals surface area (Å²) in [6.07, 6.45) is 0.419. The van der Waals surface area contributed by atoms with Crippen LogP contribution < -0.4 is 4.90 Å². The lowest BCUT2D eigenvalue weighted by Crippen LogP contribution is -2.19. The second kappa shape index (κ2) is 4.64. The Kier molecular flexibility index (Phi) is 3.22. The number of Topliss-reactive ketones (excluding diaryl/α,β-unsaturated/α-hetero) is 1. The second-order valence-electron chi connectivity index (χ2n) is 4.16. The van der Waals surface area contributed by atoms with Crippen LogP contribution in [0.2, 0.25) is 0 Å². The molecule has 86 valence electrons. The number of rotatable bonds is 3. The van der Waals surface area contributed by atoms with E-state index in [4.69, 9.17) is 0 Å². The van der Waals surface area contributed by atoms with Crippen molar-refractivity contribution in [3.63, 3.8) is 0 Å². The number of alkyl halides is 1. The Balaban J connectivity index is 2.10. The molecule has 0 saturated carbocycles. The smallest absolute Gasteiger partial charge is 0.162 e. The minimum atomic E-state index is -0.711. The van der Waals surface area contributed by atoms with Crippen LogP contribution in [0.3, 0.4) is 0 Å². The van der Waals surface area contributed by atoms with Gasteiger partial charge in [-0.05, 0) is 30.7 Å². The van der Waals surface area contributed by atoms with Gasteiger partial charge >= 0.3 is 0 Å². The normalized spacial score (nSPS) is 20.1. The summed E-state index contributed by atoms with van der Waals surface area (Å²) in [6.45, 7) is 3.09. The topological polar surface area (TPSA) is 20.3 Å². The summed E-state index contributed by atoms with van der Waals surface area (Å²) in [7, 11) is 0. The Morgan fingerprint density at radius 1 is 1.44 bits per heavy atom. The second-order valence-corrected chi connectivity index (χ2v) is 4.16. The van der Waals surface area contributed by atoms with Crippen molar-refractivity contribution in [1.82, 2.24) is 0 Å². The van der Waals surface area contributed by atoms with Crippen molar-refractivity contribution in [3.05, 3.63) is 29.8 Å². The van der Waals surface area contributed by atoms with Crippen LogP contribution in [0.5, 0.6) is 0 Å². The van der Waals surface area contributed by atoms with Gasteiger partial charge in [0.25, 0.3) is 0 Å². The van der Waals surface area contributed by atoms with E-state index in [1.807, 2.05) is 36.1 Å². The highest BCUT2D eigenvalue weighted by atomic mass is 19.1. The lowest BCUT2D eigenvalue weighted by molar-refractivity contribution is 0.0988. The Bertz CT molecular complexity index is 374. The third-order valence-corrected chi connectivity index (χ3v) is 3.01. The summed E-state index contributed by atoms with van der Waals surface area (Å²) in [5.41, 5.74) is 1.75. The van der Waals surface area contributed by atoms with Gasteiger partial charge in [-0.1, -0.05) is 6.92 Å². The minimum absolute atomic E-state index is 0.149. The largest absolute Gasteiger partial charge is 0.369 e. The van der Waals surface area contributed by atoms with Crippen LogP contribution in [0.25, 0.3) is 0 Å². The summed E-state index contributed by atoms with van der Waals surface area (Å²) >= 11 is 0. The van der Waals surface area contributed by atoms with Gasteiger partial charge in [-0.25, -0.2) is 4.39 Å². The fourth-order valence-electron chi connectivity index (χ4n) is 2.01. The first-order valence-electron chi connectivity index (χ1n) is 5.73. The molecule has 0 amide bonds. The van der Waals surface area contributed by atoms with Crippen molar-refractivity contribution in [2.75, 3.05) is 18.0 Å². The molecule has 1 aliphatic heterocycles. The number of carbonyl (C=O) groups is 1. The number of hydrogen-bond acceptors (Lipinski definition) is 2. The maximum absolute atomic E-state index is 13.0. The summed E-state index contributed by atoms with van der Waals surface area (Å²) in [5, 5.41) is 0. The first-order valence-corrected chi connectivity index (χ1v) is 5.73. The van der Waals surface area contributed by atoms with E-state index in [-0.39, 0.29) is 5.78 Å². The van der Waals surface area contributed by atoms with E-state index >= 15 is 0 Å². The molecular weight excluding hydrogens is 205 g/mol. The van der Waals surface area contributed by atoms with Gasteiger partial charge < -0.3 is 4.90 Å². The van der Waals surface area contributed by atoms with E-state index < -0.39 is 6.17 Å². The third-order valence-electron chi connectivity index (χ3n) is 3.01. The molecule has 1 saturated heterocycles. The van der Waals surface area contributed by atoms with Crippen LogP contribution in [0.15, 0.2) is 24.3 Å². The van der Waals surface area contributed by atoms with Gasteiger partial charge in [-0.3, -0.25) is 4.79 Å². The van der Waals surface area contributed by atoms with Gasteiger partial charge in [0.2, 0.25) is 0 Å². The lowest BCUT2D eigenvalue weighted by Gasteiger charge is -2.17. The van der Waals surface area contributed by atoms with Crippen LogP contribution in [-0.4, -0.2) is 25.0 Å². The zero-order valence-electron chi connectivity index (χ0n) is 9.45. The highest BCUT2D eigenvalue weighted by Gasteiger charge is 2.21.